The number of guanidine groups is 1. The highest BCUT2D eigenvalue weighted by molar-refractivity contribution is 6.04. The largest absolute Gasteiger partial charge is 0.459 e. The monoisotopic (exact) mass is 525 g/mol. The summed E-state index contributed by atoms with van der Waals surface area (Å²) in [5.74, 6) is -5.70. The number of aliphatic hydroxyl groups is 1. The van der Waals surface area contributed by atoms with Crippen molar-refractivity contribution in [2.75, 3.05) is 6.61 Å². The van der Waals surface area contributed by atoms with Gasteiger partial charge in [-0.15, -0.1) is 0 Å². The molecule has 0 radical (unpaired) electrons. The first kappa shape index (κ1) is 26.4. The van der Waals surface area contributed by atoms with E-state index in [-0.39, 0.29) is 11.1 Å². The van der Waals surface area contributed by atoms with Crippen LogP contribution in [0.15, 0.2) is 87.5 Å². The topological polar surface area (TPSA) is 192 Å². The van der Waals surface area contributed by atoms with E-state index in [1.165, 1.54) is 36.4 Å². The molecule has 38 heavy (non-hydrogen) atoms. The molecule has 12 nitrogen and oxygen atoms in total. The van der Waals surface area contributed by atoms with Gasteiger partial charge >= 0.3 is 11.7 Å². The number of carbonyl (C=O) groups excluding carboxylic acids is 2. The molecule has 0 bridgehead atoms. The molecule has 0 amide bonds. The third kappa shape index (κ3) is 4.17. The number of aromatic amines is 1. The lowest BCUT2D eigenvalue weighted by molar-refractivity contribution is -0.158. The number of aliphatic imine (C=N–C) groups is 1. The van der Waals surface area contributed by atoms with E-state index in [1.807, 2.05) is 4.98 Å². The molecule has 1 fully saturated rings. The number of ketones is 1. The van der Waals surface area contributed by atoms with E-state index in [1.54, 1.807) is 24.3 Å². The van der Waals surface area contributed by atoms with Crippen molar-refractivity contribution >= 4 is 17.7 Å². The summed E-state index contributed by atoms with van der Waals surface area (Å²) in [4.78, 5) is 56.5. The van der Waals surface area contributed by atoms with Crippen molar-refractivity contribution in [3.05, 3.63) is 105 Å². The predicted octanol–water partition coefficient (Wildman–Crippen LogP) is 0.0183. The summed E-state index contributed by atoms with van der Waals surface area (Å²) in [5, 5.41) is 11.9. The lowest BCUT2D eigenvalue weighted by Gasteiger charge is -2.39. The number of rotatable bonds is 7. The molecule has 1 aliphatic rings. The Labute approximate surface area is 214 Å². The molecule has 1 aliphatic heterocycles. The van der Waals surface area contributed by atoms with Gasteiger partial charge in [0.15, 0.2) is 11.6 Å². The van der Waals surface area contributed by atoms with Gasteiger partial charge in [-0.05, 0) is 19.1 Å². The summed E-state index contributed by atoms with van der Waals surface area (Å²) in [6, 6.07) is 15.9. The number of Topliss-reactive ketones (excluding diaryl/α,β-unsaturated/α-hetero) is 1. The maximum Gasteiger partial charge on any atom is 0.338 e. The first-order valence-corrected chi connectivity index (χ1v) is 11.3. The number of nitrogens with two attached hydrogens (primary N) is 2. The van der Waals surface area contributed by atoms with Crippen LogP contribution < -0.4 is 22.7 Å². The number of carbonyl (C=O) groups is 2. The van der Waals surface area contributed by atoms with E-state index in [2.05, 4.69) is 4.99 Å². The number of ether oxygens (including phenoxy) is 2. The standard InChI is InChI=1S/C25H24FN5O7/c1-23(26)24(36,19(33)15-8-4-2-5-9-15)17(14-37-20(34)16-10-6-3-7-11-16)38-25(23,30-21(27)28)31-13-12-18(32)29-22(31)35/h2-13,17,36H,14H2,1H3,(H4,27,28,30)(H,29,32,35)/t17-,23-,24+,25+/m1/s1. The normalized spacial score (nSPS) is 26.4. The van der Waals surface area contributed by atoms with Crippen LogP contribution in [0, 0.1) is 0 Å². The second kappa shape index (κ2) is 9.68. The van der Waals surface area contributed by atoms with Crippen LogP contribution in [0.5, 0.6) is 0 Å². The van der Waals surface area contributed by atoms with Gasteiger partial charge in [0.25, 0.3) is 11.4 Å². The third-order valence-corrected chi connectivity index (χ3v) is 6.29. The molecule has 0 aliphatic carbocycles. The van der Waals surface area contributed by atoms with Crippen LogP contribution in [0.3, 0.4) is 0 Å². The molecule has 13 heteroatoms. The maximum atomic E-state index is 17.1. The van der Waals surface area contributed by atoms with E-state index < -0.39 is 58.8 Å². The van der Waals surface area contributed by atoms with Crippen molar-refractivity contribution in [2.24, 2.45) is 16.5 Å². The fraction of sp³-hybridized carbons (Fsp3) is 0.240. The lowest BCUT2D eigenvalue weighted by Crippen LogP contribution is -2.65. The zero-order valence-corrected chi connectivity index (χ0v) is 20.0. The van der Waals surface area contributed by atoms with Gasteiger partial charge in [-0.25, -0.2) is 18.5 Å². The number of esters is 1. The van der Waals surface area contributed by atoms with E-state index >= 15 is 4.39 Å². The molecule has 0 saturated carbocycles. The molecule has 4 atom stereocenters. The van der Waals surface area contributed by atoms with Crippen molar-refractivity contribution in [3.63, 3.8) is 0 Å². The number of hydrogen-bond acceptors (Lipinski definition) is 8. The molecular formula is C25H24FN5O7. The van der Waals surface area contributed by atoms with E-state index in [9.17, 15) is 24.3 Å². The van der Waals surface area contributed by atoms with Crippen molar-refractivity contribution in [1.82, 2.24) is 9.55 Å². The second-order valence-electron chi connectivity index (χ2n) is 8.66. The number of H-pyrrole nitrogens is 1. The average Bonchev–Trinajstić information content (AvgIpc) is 3.06. The molecule has 198 valence electrons. The minimum absolute atomic E-state index is 0.115. The molecule has 3 aromatic rings. The molecule has 6 N–H and O–H groups in total. The third-order valence-electron chi connectivity index (χ3n) is 6.29. The number of aromatic nitrogens is 2. The Morgan fingerprint density at radius 3 is 2.21 bits per heavy atom. The van der Waals surface area contributed by atoms with Crippen molar-refractivity contribution in [1.29, 1.82) is 0 Å². The summed E-state index contributed by atoms with van der Waals surface area (Å²) < 4.78 is 28.7. The number of nitrogens with zero attached hydrogens (tertiary/aromatic N) is 2. The Balaban J connectivity index is 1.89. The Hall–Kier alpha value is -4.62. The SMILES string of the molecule is C[C@@]1(F)[C@@](O)(C(=O)c2ccccc2)[C@@H](COC(=O)c2ccccc2)O[C@@]1(N=C(N)N)n1ccc(=O)[nH]c1=O. The molecule has 0 unspecified atom stereocenters. The minimum Gasteiger partial charge on any atom is -0.459 e. The maximum absolute atomic E-state index is 17.1. The number of benzene rings is 2. The number of alkyl halides is 1. The Kier molecular flexibility index (Phi) is 6.74. The molecular weight excluding hydrogens is 501 g/mol. The van der Waals surface area contributed by atoms with Crippen LogP contribution in [0.1, 0.15) is 27.6 Å². The van der Waals surface area contributed by atoms with Gasteiger partial charge in [-0.1, -0.05) is 48.5 Å². The van der Waals surface area contributed by atoms with E-state index in [0.29, 0.717) is 4.57 Å². The van der Waals surface area contributed by atoms with Crippen molar-refractivity contribution < 1.29 is 28.6 Å². The Morgan fingerprint density at radius 2 is 1.66 bits per heavy atom. The summed E-state index contributed by atoms with van der Waals surface area (Å²) in [6.07, 6.45) is -1.09. The predicted molar refractivity (Wildman–Crippen MR) is 132 cm³/mol. The van der Waals surface area contributed by atoms with Crippen LogP contribution >= 0.6 is 0 Å². The molecule has 1 saturated heterocycles. The van der Waals surface area contributed by atoms with Gasteiger partial charge in [-0.3, -0.25) is 14.6 Å². The Bertz CT molecular complexity index is 1500. The van der Waals surface area contributed by atoms with Gasteiger partial charge in [0.2, 0.25) is 11.5 Å². The highest BCUT2D eigenvalue weighted by atomic mass is 19.1. The zero-order valence-electron chi connectivity index (χ0n) is 20.0. The number of halogens is 1. The smallest absolute Gasteiger partial charge is 0.338 e. The van der Waals surface area contributed by atoms with E-state index in [0.717, 1.165) is 19.2 Å². The summed E-state index contributed by atoms with van der Waals surface area (Å²) >= 11 is 0. The van der Waals surface area contributed by atoms with Gasteiger partial charge in [0, 0.05) is 17.8 Å². The van der Waals surface area contributed by atoms with Crippen LogP contribution in [-0.2, 0) is 15.3 Å². The second-order valence-corrected chi connectivity index (χ2v) is 8.66. The molecule has 0 spiro atoms. The summed E-state index contributed by atoms with van der Waals surface area (Å²) in [5.41, 5.74) is 2.71. The molecule has 2 heterocycles. The van der Waals surface area contributed by atoms with Crippen LogP contribution in [0.2, 0.25) is 0 Å². The van der Waals surface area contributed by atoms with Gasteiger partial charge in [0.05, 0.1) is 5.56 Å². The minimum atomic E-state index is -3.29. The van der Waals surface area contributed by atoms with Crippen molar-refractivity contribution in [3.8, 4) is 0 Å². The van der Waals surface area contributed by atoms with Crippen molar-refractivity contribution in [2.45, 2.75) is 30.1 Å². The first-order chi connectivity index (χ1) is 17.9. The summed E-state index contributed by atoms with van der Waals surface area (Å²) in [7, 11) is 0. The zero-order chi connectivity index (χ0) is 27.7. The Morgan fingerprint density at radius 1 is 1.08 bits per heavy atom. The quantitative estimate of drug-likeness (QED) is 0.142. The lowest BCUT2D eigenvalue weighted by atomic mass is 9.75. The van der Waals surface area contributed by atoms with Crippen LogP contribution in [-0.4, -0.2) is 56.4 Å². The fourth-order valence-electron chi connectivity index (χ4n) is 4.38. The van der Waals surface area contributed by atoms with Crippen LogP contribution in [0.4, 0.5) is 4.39 Å². The highest BCUT2D eigenvalue weighted by Crippen LogP contribution is 2.54. The number of nitrogens with one attached hydrogen (secondary N) is 1. The number of hydrogen-bond donors (Lipinski definition) is 4. The first-order valence-electron chi connectivity index (χ1n) is 11.3. The highest BCUT2D eigenvalue weighted by Gasteiger charge is 2.78. The molecule has 1 aromatic heterocycles. The van der Waals surface area contributed by atoms with Crippen LogP contribution in [0.25, 0.3) is 0 Å². The van der Waals surface area contributed by atoms with Gasteiger partial charge in [0.1, 0.15) is 12.7 Å². The van der Waals surface area contributed by atoms with Gasteiger partial charge < -0.3 is 26.0 Å². The fourth-order valence-corrected chi connectivity index (χ4v) is 4.38. The summed E-state index contributed by atoms with van der Waals surface area (Å²) in [6.45, 7) is -0.0843. The molecule has 4 rings (SSSR count). The van der Waals surface area contributed by atoms with E-state index in [4.69, 9.17) is 20.9 Å². The average molecular weight is 525 g/mol. The molecule has 2 aromatic carbocycles. The van der Waals surface area contributed by atoms with Gasteiger partial charge in [-0.2, -0.15) is 4.99 Å².